The van der Waals surface area contributed by atoms with E-state index in [0.29, 0.717) is 46.6 Å². The highest BCUT2D eigenvalue weighted by atomic mass is 16.2. The van der Waals surface area contributed by atoms with Gasteiger partial charge in [-0.05, 0) is 31.0 Å². The number of aromatic nitrogens is 4. The maximum absolute atomic E-state index is 13.2. The molecule has 5 rings (SSSR count). The molecule has 0 fully saturated rings. The molecule has 0 unspecified atom stereocenters. The molecule has 1 aliphatic rings. The summed E-state index contributed by atoms with van der Waals surface area (Å²) in [5, 5.41) is 5.13. The van der Waals surface area contributed by atoms with Crippen LogP contribution < -0.4 is 0 Å². The van der Waals surface area contributed by atoms with Crippen LogP contribution in [0.5, 0.6) is 0 Å². The van der Waals surface area contributed by atoms with Gasteiger partial charge in [0.25, 0.3) is 11.8 Å². The molecule has 0 saturated heterocycles. The van der Waals surface area contributed by atoms with Gasteiger partial charge in [0.15, 0.2) is 11.5 Å². The fourth-order valence-electron chi connectivity index (χ4n) is 3.74. The minimum Gasteiger partial charge on any atom is -0.274 e. The minimum atomic E-state index is -0.305. The molecule has 1 aliphatic heterocycles. The number of hydrogen-bond donors (Lipinski definition) is 0. The van der Waals surface area contributed by atoms with Crippen molar-refractivity contribution in [3.8, 4) is 5.82 Å². The van der Waals surface area contributed by atoms with E-state index < -0.39 is 0 Å². The van der Waals surface area contributed by atoms with Crippen molar-refractivity contribution in [2.24, 2.45) is 0 Å². The molecule has 0 radical (unpaired) electrons. The van der Waals surface area contributed by atoms with Gasteiger partial charge in [-0.1, -0.05) is 36.4 Å². The average molecular weight is 383 g/mol. The summed E-state index contributed by atoms with van der Waals surface area (Å²) in [5.74, 6) is 0.00748. The van der Waals surface area contributed by atoms with Crippen LogP contribution in [-0.2, 0) is 6.42 Å². The summed E-state index contributed by atoms with van der Waals surface area (Å²) >= 11 is 0. The molecule has 7 nitrogen and oxygen atoms in total. The standard InChI is InChI=1S/C22H17N5O2/c1-14-18-19-16(13-24-20(18)27(25-14)17-9-5-6-11-23-17)21(28)26(22(19)29)12-10-15-7-3-2-4-8-15/h2-9,11,13H,10,12H2,1H3. The quantitative estimate of drug-likeness (QED) is 0.506. The highest BCUT2D eigenvalue weighted by Crippen LogP contribution is 2.31. The fraction of sp³-hybridized carbons (Fsp3) is 0.136. The predicted molar refractivity (Wildman–Crippen MR) is 107 cm³/mol. The monoisotopic (exact) mass is 383 g/mol. The lowest BCUT2D eigenvalue weighted by Crippen LogP contribution is -2.31. The number of pyridine rings is 2. The fourth-order valence-corrected chi connectivity index (χ4v) is 3.74. The Morgan fingerprint density at radius 1 is 0.931 bits per heavy atom. The van der Waals surface area contributed by atoms with Crippen molar-refractivity contribution in [2.45, 2.75) is 13.3 Å². The smallest absolute Gasteiger partial charge is 0.263 e. The first-order valence-corrected chi connectivity index (χ1v) is 9.35. The van der Waals surface area contributed by atoms with Crippen LogP contribution in [0.2, 0.25) is 0 Å². The molecule has 4 aromatic rings. The maximum atomic E-state index is 13.2. The van der Waals surface area contributed by atoms with E-state index in [4.69, 9.17) is 0 Å². The second kappa shape index (κ2) is 6.63. The van der Waals surface area contributed by atoms with Crippen molar-refractivity contribution in [3.05, 3.63) is 83.3 Å². The van der Waals surface area contributed by atoms with Crippen LogP contribution in [0, 0.1) is 6.92 Å². The van der Waals surface area contributed by atoms with Gasteiger partial charge < -0.3 is 0 Å². The van der Waals surface area contributed by atoms with Gasteiger partial charge >= 0.3 is 0 Å². The molecule has 142 valence electrons. The number of carbonyl (C=O) groups excluding carboxylic acids is 2. The van der Waals surface area contributed by atoms with Crippen molar-refractivity contribution < 1.29 is 9.59 Å². The van der Waals surface area contributed by atoms with Crippen molar-refractivity contribution in [2.75, 3.05) is 6.54 Å². The number of amides is 2. The molecule has 0 aliphatic carbocycles. The predicted octanol–water partition coefficient (Wildman–Crippen LogP) is 2.96. The van der Waals surface area contributed by atoms with E-state index in [0.717, 1.165) is 5.56 Å². The molecule has 1 aromatic carbocycles. The molecule has 3 aromatic heterocycles. The SMILES string of the molecule is Cc1nn(-c2ccccn2)c2ncc3c(c12)C(=O)N(CCc1ccccc1)C3=O. The van der Waals surface area contributed by atoms with Crippen LogP contribution in [0.25, 0.3) is 16.9 Å². The number of hydrogen-bond acceptors (Lipinski definition) is 5. The first kappa shape index (κ1) is 17.2. The molecule has 2 amide bonds. The number of imide groups is 1. The van der Waals surface area contributed by atoms with E-state index in [1.807, 2.05) is 55.5 Å². The maximum Gasteiger partial charge on any atom is 0.263 e. The van der Waals surface area contributed by atoms with E-state index in [9.17, 15) is 9.59 Å². The second-order valence-corrected chi connectivity index (χ2v) is 6.93. The van der Waals surface area contributed by atoms with E-state index in [2.05, 4.69) is 15.1 Å². The Labute approximate surface area is 166 Å². The molecule has 0 bridgehead atoms. The lowest BCUT2D eigenvalue weighted by atomic mass is 10.1. The minimum absolute atomic E-state index is 0.294. The van der Waals surface area contributed by atoms with E-state index in [1.54, 1.807) is 10.9 Å². The lowest BCUT2D eigenvalue weighted by molar-refractivity contribution is 0.0656. The van der Waals surface area contributed by atoms with Gasteiger partial charge in [0.2, 0.25) is 0 Å². The molecule has 0 saturated carbocycles. The zero-order valence-corrected chi connectivity index (χ0v) is 15.7. The first-order valence-electron chi connectivity index (χ1n) is 9.35. The van der Waals surface area contributed by atoms with Crippen molar-refractivity contribution >= 4 is 22.8 Å². The summed E-state index contributed by atoms with van der Waals surface area (Å²) in [7, 11) is 0. The summed E-state index contributed by atoms with van der Waals surface area (Å²) in [6.07, 6.45) is 3.75. The van der Waals surface area contributed by atoms with Crippen LogP contribution in [0.1, 0.15) is 32.0 Å². The highest BCUT2D eigenvalue weighted by molar-refractivity contribution is 6.26. The van der Waals surface area contributed by atoms with Gasteiger partial charge in [0, 0.05) is 18.9 Å². The van der Waals surface area contributed by atoms with Crippen LogP contribution in [0.15, 0.2) is 60.9 Å². The number of nitrogens with zero attached hydrogens (tertiary/aromatic N) is 5. The molecular formula is C22H17N5O2. The van der Waals surface area contributed by atoms with Gasteiger partial charge in [-0.25, -0.2) is 9.97 Å². The largest absolute Gasteiger partial charge is 0.274 e. The first-order chi connectivity index (χ1) is 14.1. The van der Waals surface area contributed by atoms with Gasteiger partial charge in [-0.15, -0.1) is 0 Å². The van der Waals surface area contributed by atoms with Crippen molar-refractivity contribution in [3.63, 3.8) is 0 Å². The molecule has 0 N–H and O–H groups in total. The Morgan fingerprint density at radius 3 is 2.48 bits per heavy atom. The molecule has 7 heteroatoms. The number of carbonyl (C=O) groups is 2. The zero-order chi connectivity index (χ0) is 20.0. The van der Waals surface area contributed by atoms with Crippen molar-refractivity contribution in [1.29, 1.82) is 0 Å². The van der Waals surface area contributed by atoms with Crippen LogP contribution >= 0.6 is 0 Å². The Morgan fingerprint density at radius 2 is 1.72 bits per heavy atom. The summed E-state index contributed by atoms with van der Waals surface area (Å²) in [6.45, 7) is 2.14. The summed E-state index contributed by atoms with van der Waals surface area (Å²) in [4.78, 5) is 36.1. The van der Waals surface area contributed by atoms with E-state index in [1.165, 1.54) is 11.1 Å². The Bertz CT molecular complexity index is 1250. The molecule has 4 heterocycles. The number of benzene rings is 1. The zero-order valence-electron chi connectivity index (χ0n) is 15.7. The van der Waals surface area contributed by atoms with Crippen LogP contribution in [0.4, 0.5) is 0 Å². The van der Waals surface area contributed by atoms with Crippen LogP contribution in [-0.4, -0.2) is 43.0 Å². The third-order valence-corrected chi connectivity index (χ3v) is 5.14. The number of rotatable bonds is 4. The molecular weight excluding hydrogens is 366 g/mol. The van der Waals surface area contributed by atoms with Gasteiger partial charge in [-0.3, -0.25) is 14.5 Å². The third-order valence-electron chi connectivity index (χ3n) is 5.14. The normalized spacial score (nSPS) is 13.3. The topological polar surface area (TPSA) is 81.0 Å². The lowest BCUT2D eigenvalue weighted by Gasteiger charge is -2.13. The van der Waals surface area contributed by atoms with Crippen molar-refractivity contribution in [1.82, 2.24) is 24.6 Å². The second-order valence-electron chi connectivity index (χ2n) is 6.93. The van der Waals surface area contributed by atoms with E-state index in [-0.39, 0.29) is 11.8 Å². The highest BCUT2D eigenvalue weighted by Gasteiger charge is 2.38. The number of aryl methyl sites for hydroxylation is 1. The van der Waals surface area contributed by atoms with Crippen LogP contribution in [0.3, 0.4) is 0 Å². The summed E-state index contributed by atoms with van der Waals surface area (Å²) < 4.78 is 1.61. The molecule has 29 heavy (non-hydrogen) atoms. The van der Waals surface area contributed by atoms with Gasteiger partial charge in [0.05, 0.1) is 22.2 Å². The Balaban J connectivity index is 1.56. The average Bonchev–Trinajstić information content (AvgIpc) is 3.22. The Kier molecular flexibility index (Phi) is 3.94. The third kappa shape index (κ3) is 2.70. The molecule has 0 spiro atoms. The number of fused-ring (bicyclic) bond motifs is 3. The van der Waals surface area contributed by atoms with Gasteiger partial charge in [0.1, 0.15) is 0 Å². The molecule has 0 atom stereocenters. The van der Waals surface area contributed by atoms with E-state index >= 15 is 0 Å². The van der Waals surface area contributed by atoms with Gasteiger partial charge in [-0.2, -0.15) is 9.78 Å². The summed E-state index contributed by atoms with van der Waals surface area (Å²) in [6, 6.07) is 15.3. The Hall–Kier alpha value is -3.87. The summed E-state index contributed by atoms with van der Waals surface area (Å²) in [5.41, 5.74) is 2.95.